The zero-order valence-corrected chi connectivity index (χ0v) is 12.7. The van der Waals surface area contributed by atoms with E-state index in [1.54, 1.807) is 0 Å². The minimum absolute atomic E-state index is 0.331. The predicted octanol–water partition coefficient (Wildman–Crippen LogP) is 2.20. The Morgan fingerprint density at radius 1 is 1.32 bits per heavy atom. The summed E-state index contributed by atoms with van der Waals surface area (Å²) in [5.41, 5.74) is 1.37. The maximum Gasteiger partial charge on any atom is 0.190 e. The fourth-order valence-corrected chi connectivity index (χ4v) is 2.79. The van der Waals surface area contributed by atoms with Gasteiger partial charge >= 0.3 is 0 Å². The Morgan fingerprint density at radius 2 is 2.05 bits per heavy atom. The summed E-state index contributed by atoms with van der Waals surface area (Å²) in [6.07, 6.45) is -1.20. The van der Waals surface area contributed by atoms with Gasteiger partial charge in [0.15, 0.2) is 12.1 Å². The third-order valence-corrected chi connectivity index (χ3v) is 3.79. The first-order valence-electron chi connectivity index (χ1n) is 7.31. The predicted molar refractivity (Wildman–Crippen MR) is 78.9 cm³/mol. The van der Waals surface area contributed by atoms with Gasteiger partial charge in [-0.05, 0) is 19.4 Å². The van der Waals surface area contributed by atoms with Crippen LogP contribution in [0, 0.1) is 0 Å². The summed E-state index contributed by atoms with van der Waals surface area (Å²) < 4.78 is 23.3. The summed E-state index contributed by atoms with van der Waals surface area (Å²) in [7, 11) is 0. The Balaban J connectivity index is 1.74. The van der Waals surface area contributed by atoms with Crippen LogP contribution in [0.15, 0.2) is 42.5 Å². The fraction of sp³-hybridized carbons (Fsp3) is 0.471. The molecule has 1 aromatic carbocycles. The molecule has 2 aliphatic rings. The second-order valence-electron chi connectivity index (χ2n) is 5.98. The van der Waals surface area contributed by atoms with Gasteiger partial charge in [-0.25, -0.2) is 0 Å². The minimum Gasteiger partial charge on any atom is -0.368 e. The molecule has 118 valence electrons. The molecule has 2 aliphatic heterocycles. The molecule has 5 nitrogen and oxygen atoms in total. The number of ether oxygens (including phenoxy) is 4. The number of carbonyl (C=O) groups excluding carboxylic acids is 1. The van der Waals surface area contributed by atoms with Crippen LogP contribution in [0.4, 0.5) is 0 Å². The van der Waals surface area contributed by atoms with Gasteiger partial charge in [0, 0.05) is 5.57 Å². The van der Waals surface area contributed by atoms with E-state index < -0.39 is 24.3 Å². The second kappa shape index (κ2) is 5.93. The van der Waals surface area contributed by atoms with Crippen molar-refractivity contribution < 1.29 is 23.7 Å². The number of hydrogen-bond donors (Lipinski definition) is 0. The van der Waals surface area contributed by atoms with Crippen molar-refractivity contribution in [3.05, 3.63) is 48.0 Å². The number of rotatable bonds is 5. The molecule has 0 aliphatic carbocycles. The van der Waals surface area contributed by atoms with Gasteiger partial charge in [0.25, 0.3) is 0 Å². The summed E-state index contributed by atoms with van der Waals surface area (Å²) >= 11 is 0. The summed E-state index contributed by atoms with van der Waals surface area (Å²) in [4.78, 5) is 11.0. The molecule has 4 atom stereocenters. The van der Waals surface area contributed by atoms with Crippen molar-refractivity contribution >= 4 is 6.29 Å². The lowest BCUT2D eigenvalue weighted by Crippen LogP contribution is -2.37. The molecule has 0 unspecified atom stereocenters. The van der Waals surface area contributed by atoms with E-state index in [1.807, 2.05) is 44.2 Å². The Kier molecular flexibility index (Phi) is 4.14. The van der Waals surface area contributed by atoms with E-state index in [9.17, 15) is 4.79 Å². The van der Waals surface area contributed by atoms with Crippen molar-refractivity contribution in [2.75, 3.05) is 0 Å². The number of benzene rings is 1. The number of aldehydes is 1. The zero-order valence-electron chi connectivity index (χ0n) is 12.7. The molecule has 0 radical (unpaired) electrons. The van der Waals surface area contributed by atoms with Crippen LogP contribution in [-0.2, 0) is 30.3 Å². The molecule has 3 rings (SSSR count). The Hall–Kier alpha value is -1.53. The lowest BCUT2D eigenvalue weighted by molar-refractivity contribution is -0.214. The molecule has 0 spiro atoms. The topological polar surface area (TPSA) is 54.0 Å². The second-order valence-corrected chi connectivity index (χ2v) is 5.98. The van der Waals surface area contributed by atoms with Crippen LogP contribution in [0.25, 0.3) is 0 Å². The molecule has 0 bridgehead atoms. The summed E-state index contributed by atoms with van der Waals surface area (Å²) in [6.45, 7) is 7.80. The van der Waals surface area contributed by atoms with Crippen LogP contribution in [-0.4, -0.2) is 36.7 Å². The average molecular weight is 304 g/mol. The highest BCUT2D eigenvalue weighted by Crippen LogP contribution is 2.40. The zero-order chi connectivity index (χ0) is 15.7. The van der Waals surface area contributed by atoms with Crippen molar-refractivity contribution in [2.45, 2.75) is 50.8 Å². The third kappa shape index (κ3) is 2.98. The van der Waals surface area contributed by atoms with E-state index in [1.165, 1.54) is 0 Å². The molecule has 2 fully saturated rings. The Labute approximate surface area is 129 Å². The van der Waals surface area contributed by atoms with Gasteiger partial charge in [-0.2, -0.15) is 0 Å². The van der Waals surface area contributed by atoms with Gasteiger partial charge in [0.1, 0.15) is 24.6 Å². The lowest BCUT2D eigenvalue weighted by Gasteiger charge is -2.25. The van der Waals surface area contributed by atoms with E-state index in [-0.39, 0.29) is 6.10 Å². The van der Waals surface area contributed by atoms with Crippen LogP contribution < -0.4 is 0 Å². The Bertz CT molecular complexity index is 553. The highest BCUT2D eigenvalue weighted by molar-refractivity contribution is 5.74. The SMILES string of the molecule is C=C(C=O)[C@H]1O[C@@H]2OC(C)(C)O[C@@H]2[C@@H]1OCc1ccccc1. The van der Waals surface area contributed by atoms with Gasteiger partial charge < -0.3 is 18.9 Å². The molecule has 2 heterocycles. The van der Waals surface area contributed by atoms with E-state index in [2.05, 4.69) is 6.58 Å². The fourth-order valence-electron chi connectivity index (χ4n) is 2.79. The van der Waals surface area contributed by atoms with Gasteiger partial charge in [-0.3, -0.25) is 4.79 Å². The van der Waals surface area contributed by atoms with Gasteiger partial charge in [-0.1, -0.05) is 36.9 Å². The van der Waals surface area contributed by atoms with Crippen LogP contribution in [0.3, 0.4) is 0 Å². The first-order chi connectivity index (χ1) is 10.5. The number of fused-ring (bicyclic) bond motifs is 1. The summed E-state index contributed by atoms with van der Waals surface area (Å²) in [5.74, 6) is -0.725. The van der Waals surface area contributed by atoms with Crippen molar-refractivity contribution in [2.24, 2.45) is 0 Å². The summed E-state index contributed by atoms with van der Waals surface area (Å²) in [6, 6.07) is 9.81. The highest BCUT2D eigenvalue weighted by atomic mass is 16.8. The van der Waals surface area contributed by atoms with Crippen molar-refractivity contribution in [3.8, 4) is 0 Å². The molecule has 0 saturated carbocycles. The standard InChI is InChI=1S/C17H20O5/c1-11(9-18)13-14(19-10-12-7-5-4-6-8-12)15-16(20-13)22-17(2,3)21-15/h4-9,13-16H,1,10H2,2-3H3/t13-,14-,15-,16-/m1/s1. The monoisotopic (exact) mass is 304 g/mol. The third-order valence-electron chi connectivity index (χ3n) is 3.79. The molecule has 1 aromatic rings. The lowest BCUT2D eigenvalue weighted by atomic mass is 10.0. The van der Waals surface area contributed by atoms with Crippen molar-refractivity contribution in [1.29, 1.82) is 0 Å². The van der Waals surface area contributed by atoms with Crippen LogP contribution in [0.5, 0.6) is 0 Å². The normalized spacial score (nSPS) is 32.6. The molecular formula is C17H20O5. The average Bonchev–Trinajstić information content (AvgIpc) is 2.97. The van der Waals surface area contributed by atoms with Gasteiger partial charge in [-0.15, -0.1) is 0 Å². The van der Waals surface area contributed by atoms with Crippen LogP contribution in [0.1, 0.15) is 19.4 Å². The first kappa shape index (κ1) is 15.4. The van der Waals surface area contributed by atoms with E-state index in [4.69, 9.17) is 18.9 Å². The van der Waals surface area contributed by atoms with Crippen LogP contribution in [0.2, 0.25) is 0 Å². The molecule has 5 heteroatoms. The number of hydrogen-bond acceptors (Lipinski definition) is 5. The maximum absolute atomic E-state index is 11.0. The van der Waals surface area contributed by atoms with Crippen LogP contribution >= 0.6 is 0 Å². The summed E-state index contributed by atoms with van der Waals surface area (Å²) in [5, 5.41) is 0. The van der Waals surface area contributed by atoms with Gasteiger partial charge in [0.05, 0.1) is 6.61 Å². The highest BCUT2D eigenvalue weighted by Gasteiger charge is 2.55. The smallest absolute Gasteiger partial charge is 0.190 e. The molecular weight excluding hydrogens is 284 g/mol. The van der Waals surface area contributed by atoms with E-state index in [0.29, 0.717) is 18.5 Å². The minimum atomic E-state index is -0.725. The Morgan fingerprint density at radius 3 is 2.73 bits per heavy atom. The first-order valence-corrected chi connectivity index (χ1v) is 7.31. The molecule has 2 saturated heterocycles. The largest absolute Gasteiger partial charge is 0.368 e. The molecule has 0 N–H and O–H groups in total. The molecule has 22 heavy (non-hydrogen) atoms. The van der Waals surface area contributed by atoms with Crippen molar-refractivity contribution in [1.82, 2.24) is 0 Å². The van der Waals surface area contributed by atoms with Crippen molar-refractivity contribution in [3.63, 3.8) is 0 Å². The molecule has 0 amide bonds. The number of carbonyl (C=O) groups is 1. The molecule has 0 aromatic heterocycles. The quantitative estimate of drug-likeness (QED) is 0.616. The van der Waals surface area contributed by atoms with Gasteiger partial charge in [0.2, 0.25) is 0 Å². The van der Waals surface area contributed by atoms with E-state index >= 15 is 0 Å². The van der Waals surface area contributed by atoms with E-state index in [0.717, 1.165) is 5.56 Å². The maximum atomic E-state index is 11.0.